The number of carbonyl (C=O) groups excluding carboxylic acids is 2. The van der Waals surface area contributed by atoms with Gasteiger partial charge in [-0.05, 0) is 121 Å². The molecule has 0 saturated heterocycles. The first-order valence-electron chi connectivity index (χ1n) is 16.5. The molecule has 0 aromatic heterocycles. The minimum atomic E-state index is -0.268. The molecule has 1 aromatic carbocycles. The van der Waals surface area contributed by atoms with Gasteiger partial charge in [0, 0.05) is 5.92 Å². The van der Waals surface area contributed by atoms with Crippen LogP contribution in [0.4, 0.5) is 0 Å². The summed E-state index contributed by atoms with van der Waals surface area (Å²) in [6, 6.07) is 9.24. The Labute approximate surface area is 250 Å². The van der Waals surface area contributed by atoms with Crippen molar-refractivity contribution in [3.05, 3.63) is 47.5 Å². The number of esters is 1. The van der Waals surface area contributed by atoms with Crippen LogP contribution in [-0.2, 0) is 9.53 Å². The monoisotopic (exact) mass is 560 g/mol. The molecule has 3 fully saturated rings. The molecule has 0 aliphatic heterocycles. The van der Waals surface area contributed by atoms with Gasteiger partial charge in [0.2, 0.25) is 0 Å². The summed E-state index contributed by atoms with van der Waals surface area (Å²) in [7, 11) is 0. The quantitative estimate of drug-likeness (QED) is 0.325. The highest BCUT2D eigenvalue weighted by molar-refractivity contribution is 5.95. The van der Waals surface area contributed by atoms with Crippen molar-refractivity contribution in [2.24, 2.45) is 50.7 Å². The Hall–Kier alpha value is -1.90. The average Bonchev–Trinajstić information content (AvgIpc) is 3.20. The second-order valence-electron chi connectivity index (χ2n) is 17.0. The van der Waals surface area contributed by atoms with Crippen molar-refractivity contribution in [3.8, 4) is 0 Å². The lowest BCUT2D eigenvalue weighted by atomic mass is 9.42. The van der Waals surface area contributed by atoms with Crippen LogP contribution in [0, 0.1) is 50.7 Å². The first-order valence-corrected chi connectivity index (χ1v) is 16.5. The van der Waals surface area contributed by atoms with Gasteiger partial charge in [-0.3, -0.25) is 4.79 Å². The molecule has 4 aliphatic carbocycles. The molecule has 3 nitrogen and oxygen atoms in total. The lowest BCUT2D eigenvalue weighted by Gasteiger charge is -2.62. The number of hydrogen-bond acceptors (Lipinski definition) is 3. The standard InChI is InChI=1S/C38H56O3/c1-25(15-19-34(2,3)4)35(5,6)32-18-22-37(8)29-24-31(39)30-23-27(41-33(40)26-13-11-10-12-14-26)16-20-36(30,7)28(29)17-21-38(32,37)9/h10-14,24-25,27-28,30,32H,15-23H2,1-9H3/t25-,27+,28?,30+,32-,36-,37+,38-/m1/s1. The van der Waals surface area contributed by atoms with Crippen LogP contribution >= 0.6 is 0 Å². The van der Waals surface area contributed by atoms with E-state index in [9.17, 15) is 9.59 Å². The van der Waals surface area contributed by atoms with Crippen LogP contribution in [-0.4, -0.2) is 17.9 Å². The third-order valence-electron chi connectivity index (χ3n) is 13.4. The van der Waals surface area contributed by atoms with Crippen molar-refractivity contribution in [1.82, 2.24) is 0 Å². The molecule has 226 valence electrons. The first kappa shape index (κ1) is 30.6. The summed E-state index contributed by atoms with van der Waals surface area (Å²) in [6.45, 7) is 22.2. The van der Waals surface area contributed by atoms with Gasteiger partial charge in [0.1, 0.15) is 6.10 Å². The molecule has 1 unspecified atom stereocenters. The minimum Gasteiger partial charge on any atom is -0.459 e. The number of hydrogen-bond donors (Lipinski definition) is 0. The maximum atomic E-state index is 14.0. The number of fused-ring (bicyclic) bond motifs is 5. The molecule has 4 aliphatic rings. The molecule has 41 heavy (non-hydrogen) atoms. The van der Waals surface area contributed by atoms with Crippen molar-refractivity contribution in [1.29, 1.82) is 0 Å². The van der Waals surface area contributed by atoms with Gasteiger partial charge in [0.15, 0.2) is 5.78 Å². The van der Waals surface area contributed by atoms with Crippen molar-refractivity contribution in [2.75, 3.05) is 0 Å². The topological polar surface area (TPSA) is 43.4 Å². The Kier molecular flexibility index (Phi) is 7.73. The number of ether oxygens (including phenoxy) is 1. The lowest BCUT2D eigenvalue weighted by Crippen LogP contribution is -2.56. The summed E-state index contributed by atoms with van der Waals surface area (Å²) in [5.41, 5.74) is 2.92. The molecule has 3 saturated carbocycles. The number of ketones is 1. The van der Waals surface area contributed by atoms with Crippen LogP contribution in [0.15, 0.2) is 42.0 Å². The summed E-state index contributed by atoms with van der Waals surface area (Å²) in [5, 5.41) is 0. The summed E-state index contributed by atoms with van der Waals surface area (Å²) in [6.07, 6.45) is 11.8. The molecule has 5 rings (SSSR count). The summed E-state index contributed by atoms with van der Waals surface area (Å²) in [4.78, 5) is 26.8. The maximum absolute atomic E-state index is 14.0. The van der Waals surface area contributed by atoms with Crippen molar-refractivity contribution >= 4 is 11.8 Å². The molecule has 1 aromatic rings. The van der Waals surface area contributed by atoms with Gasteiger partial charge >= 0.3 is 5.97 Å². The number of carbonyl (C=O) groups is 2. The normalized spacial score (nSPS) is 37.9. The molecule has 0 N–H and O–H groups in total. The highest BCUT2D eigenvalue weighted by atomic mass is 16.5. The van der Waals surface area contributed by atoms with Gasteiger partial charge in [-0.1, -0.05) is 86.1 Å². The van der Waals surface area contributed by atoms with Gasteiger partial charge in [-0.25, -0.2) is 4.79 Å². The number of benzene rings is 1. The summed E-state index contributed by atoms with van der Waals surface area (Å²) >= 11 is 0. The van der Waals surface area contributed by atoms with E-state index in [0.717, 1.165) is 12.8 Å². The molecular formula is C38H56O3. The van der Waals surface area contributed by atoms with Gasteiger partial charge in [0.25, 0.3) is 0 Å². The molecule has 8 atom stereocenters. The second-order valence-corrected chi connectivity index (χ2v) is 17.0. The van der Waals surface area contributed by atoms with Crippen LogP contribution < -0.4 is 0 Å². The largest absolute Gasteiger partial charge is 0.459 e. The average molecular weight is 561 g/mol. The molecule has 0 heterocycles. The van der Waals surface area contributed by atoms with Gasteiger partial charge < -0.3 is 4.74 Å². The van der Waals surface area contributed by atoms with E-state index in [2.05, 4.69) is 68.4 Å². The van der Waals surface area contributed by atoms with Gasteiger partial charge in [-0.15, -0.1) is 0 Å². The lowest BCUT2D eigenvalue weighted by molar-refractivity contribution is -0.135. The molecular weight excluding hydrogens is 504 g/mol. The van der Waals surface area contributed by atoms with E-state index in [-0.39, 0.29) is 45.4 Å². The Bertz CT molecular complexity index is 1190. The summed E-state index contributed by atoms with van der Waals surface area (Å²) < 4.78 is 5.96. The zero-order valence-corrected chi connectivity index (χ0v) is 27.4. The number of allylic oxidation sites excluding steroid dienone is 2. The summed E-state index contributed by atoms with van der Waals surface area (Å²) in [5.74, 6) is 1.74. The fourth-order valence-corrected chi connectivity index (χ4v) is 10.1. The zero-order chi connectivity index (χ0) is 30.0. The molecule has 3 heteroatoms. The van der Waals surface area contributed by atoms with Crippen LogP contribution in [0.1, 0.15) is 130 Å². The van der Waals surface area contributed by atoms with E-state index in [1.807, 2.05) is 18.2 Å². The number of rotatable bonds is 6. The third-order valence-corrected chi connectivity index (χ3v) is 13.4. The predicted molar refractivity (Wildman–Crippen MR) is 167 cm³/mol. The highest BCUT2D eigenvalue weighted by Crippen LogP contribution is 2.73. The van der Waals surface area contributed by atoms with E-state index >= 15 is 0 Å². The van der Waals surface area contributed by atoms with Crippen LogP contribution in [0.2, 0.25) is 0 Å². The van der Waals surface area contributed by atoms with Crippen molar-refractivity contribution in [2.45, 2.75) is 126 Å². The Morgan fingerprint density at radius 3 is 2.29 bits per heavy atom. The predicted octanol–water partition coefficient (Wildman–Crippen LogP) is 9.85. The van der Waals surface area contributed by atoms with Crippen LogP contribution in [0.3, 0.4) is 0 Å². The zero-order valence-electron chi connectivity index (χ0n) is 27.4. The molecule has 0 amide bonds. The molecule has 0 bridgehead atoms. The van der Waals surface area contributed by atoms with Gasteiger partial charge in [0.05, 0.1) is 5.56 Å². The maximum Gasteiger partial charge on any atom is 0.338 e. The first-order chi connectivity index (χ1) is 19.0. The van der Waals surface area contributed by atoms with Crippen LogP contribution in [0.5, 0.6) is 0 Å². The Morgan fingerprint density at radius 1 is 0.951 bits per heavy atom. The smallest absolute Gasteiger partial charge is 0.338 e. The minimum absolute atomic E-state index is 0.0469. The molecule has 0 radical (unpaired) electrons. The third kappa shape index (κ3) is 5.06. The van der Waals surface area contributed by atoms with E-state index in [1.165, 1.54) is 44.1 Å². The SMILES string of the molecule is C[C@H](CCC(C)(C)C)C(C)(C)[C@H]1CC[C@@]2(C)C3=CC(=O)[C@@H]4C[C@@H](OC(=O)c5ccccc5)CC[C@]4(C)C3CC[C@]12C. The van der Waals surface area contributed by atoms with E-state index in [0.29, 0.717) is 35.2 Å². The van der Waals surface area contributed by atoms with E-state index < -0.39 is 0 Å². The Morgan fingerprint density at radius 2 is 1.63 bits per heavy atom. The van der Waals surface area contributed by atoms with Crippen LogP contribution in [0.25, 0.3) is 0 Å². The van der Waals surface area contributed by atoms with E-state index in [1.54, 1.807) is 12.1 Å². The van der Waals surface area contributed by atoms with E-state index in [4.69, 9.17) is 4.74 Å². The fraction of sp³-hybridized carbons (Fsp3) is 0.737. The fourth-order valence-electron chi connectivity index (χ4n) is 10.1. The Balaban J connectivity index is 1.37. The van der Waals surface area contributed by atoms with Crippen molar-refractivity contribution in [3.63, 3.8) is 0 Å². The highest BCUT2D eigenvalue weighted by Gasteiger charge is 2.66. The molecule has 0 spiro atoms. The van der Waals surface area contributed by atoms with Gasteiger partial charge in [-0.2, -0.15) is 0 Å². The van der Waals surface area contributed by atoms with Crippen molar-refractivity contribution < 1.29 is 14.3 Å². The second kappa shape index (κ2) is 10.4.